The lowest BCUT2D eigenvalue weighted by Gasteiger charge is -2.30. The third-order valence-electron chi connectivity index (χ3n) is 7.89. The van der Waals surface area contributed by atoms with Gasteiger partial charge in [0.1, 0.15) is 6.04 Å². The maximum absolute atomic E-state index is 13.1. The molecule has 2 heterocycles. The molecule has 0 unspecified atom stereocenters. The van der Waals surface area contributed by atoms with Crippen molar-refractivity contribution >= 4 is 24.1 Å². The predicted octanol–water partition coefficient (Wildman–Crippen LogP) is 5.00. The van der Waals surface area contributed by atoms with Crippen LogP contribution in [0, 0.1) is 11.8 Å². The molecule has 0 aromatic carbocycles. The lowest BCUT2D eigenvalue weighted by molar-refractivity contribution is -0.136. The largest absolute Gasteiger partial charge is 0.352 e. The summed E-state index contributed by atoms with van der Waals surface area (Å²) in [4.78, 5) is 54.3. The lowest BCUT2D eigenvalue weighted by atomic mass is 9.99. The first-order valence-corrected chi connectivity index (χ1v) is 16.7. The van der Waals surface area contributed by atoms with Crippen molar-refractivity contribution in [2.45, 2.75) is 138 Å². The van der Waals surface area contributed by atoms with Gasteiger partial charge in [-0.15, -0.1) is 0 Å². The number of piperidine rings is 1. The van der Waals surface area contributed by atoms with E-state index in [-0.39, 0.29) is 42.3 Å². The first-order chi connectivity index (χ1) is 20.2. The third kappa shape index (κ3) is 15.7. The highest BCUT2D eigenvalue weighted by Crippen LogP contribution is 2.22. The van der Waals surface area contributed by atoms with Gasteiger partial charge in [-0.05, 0) is 84.2 Å². The van der Waals surface area contributed by atoms with Crippen molar-refractivity contribution in [3.63, 3.8) is 0 Å². The monoisotopic (exact) mass is 608 g/mol. The summed E-state index contributed by atoms with van der Waals surface area (Å²) < 4.78 is 0. The molecular weight excluding hydrogens is 542 g/mol. The number of carbonyl (C=O) groups excluding carboxylic acids is 4. The Balaban J connectivity index is 0.00000111. The van der Waals surface area contributed by atoms with E-state index in [0.29, 0.717) is 24.9 Å². The summed E-state index contributed by atoms with van der Waals surface area (Å²) in [6.07, 6.45) is 9.73. The van der Waals surface area contributed by atoms with E-state index in [9.17, 15) is 19.2 Å². The summed E-state index contributed by atoms with van der Waals surface area (Å²) in [6.45, 7) is 23.9. The molecule has 0 radical (unpaired) electrons. The fourth-order valence-electron chi connectivity index (χ4n) is 5.23. The van der Waals surface area contributed by atoms with E-state index in [1.165, 1.54) is 32.4 Å². The molecule has 9 nitrogen and oxygen atoms in total. The van der Waals surface area contributed by atoms with Crippen LogP contribution in [0.25, 0.3) is 0 Å². The minimum Gasteiger partial charge on any atom is -0.352 e. The van der Waals surface area contributed by atoms with Crippen LogP contribution in [0.4, 0.5) is 0 Å². The van der Waals surface area contributed by atoms with Crippen LogP contribution in [-0.2, 0) is 19.2 Å². The van der Waals surface area contributed by atoms with E-state index in [2.05, 4.69) is 50.2 Å². The van der Waals surface area contributed by atoms with Crippen molar-refractivity contribution in [1.29, 1.82) is 0 Å². The Bertz CT molecular complexity index is 845. The van der Waals surface area contributed by atoms with Crippen molar-refractivity contribution in [1.82, 2.24) is 25.3 Å². The van der Waals surface area contributed by atoms with E-state index < -0.39 is 6.04 Å². The summed E-state index contributed by atoms with van der Waals surface area (Å²) in [5.74, 6) is 0.413. The van der Waals surface area contributed by atoms with E-state index >= 15 is 0 Å². The van der Waals surface area contributed by atoms with E-state index in [4.69, 9.17) is 0 Å². The number of nitrogens with one attached hydrogen (secondary N) is 2. The van der Waals surface area contributed by atoms with Crippen LogP contribution < -0.4 is 10.6 Å². The van der Waals surface area contributed by atoms with Gasteiger partial charge in [-0.3, -0.25) is 19.2 Å². The van der Waals surface area contributed by atoms with Crippen LogP contribution in [-0.4, -0.2) is 96.2 Å². The number of rotatable bonds is 12. The molecule has 2 fully saturated rings. The second-order valence-electron chi connectivity index (χ2n) is 13.2. The average Bonchev–Trinajstić information content (AvgIpc) is 3.47. The van der Waals surface area contributed by atoms with E-state index in [0.717, 1.165) is 31.2 Å². The molecule has 2 saturated heterocycles. The van der Waals surface area contributed by atoms with Crippen molar-refractivity contribution in [3.8, 4) is 0 Å². The second-order valence-corrected chi connectivity index (χ2v) is 13.2. The summed E-state index contributed by atoms with van der Waals surface area (Å²) in [6, 6.07) is 0.145. The smallest absolute Gasteiger partial charge is 0.249 e. The molecule has 2 aliphatic rings. The second kappa shape index (κ2) is 22.1. The molecule has 0 aromatic rings. The fourth-order valence-corrected chi connectivity index (χ4v) is 5.23. The van der Waals surface area contributed by atoms with Crippen molar-refractivity contribution in [2.75, 3.05) is 33.2 Å². The number of likely N-dealkylation sites (tertiary alicyclic amines) is 2. The predicted molar refractivity (Wildman–Crippen MR) is 178 cm³/mol. The van der Waals surface area contributed by atoms with Crippen LogP contribution in [0.5, 0.6) is 0 Å². The quantitative estimate of drug-likeness (QED) is 0.240. The highest BCUT2D eigenvalue weighted by Gasteiger charge is 2.35. The summed E-state index contributed by atoms with van der Waals surface area (Å²) in [5.41, 5.74) is 0.513. The molecule has 9 heteroatoms. The van der Waals surface area contributed by atoms with Crippen molar-refractivity contribution < 1.29 is 19.2 Å². The number of likely N-dealkylation sites (N-methyl/N-ethyl adjacent to an activating group) is 1. The zero-order chi connectivity index (χ0) is 33.1. The minimum absolute atomic E-state index is 0.0745. The molecule has 2 aliphatic heterocycles. The Morgan fingerprint density at radius 2 is 1.47 bits per heavy atom. The number of amides is 4. The molecule has 2 N–H and O–H groups in total. The molecule has 250 valence electrons. The first-order valence-electron chi connectivity index (χ1n) is 16.7. The van der Waals surface area contributed by atoms with Gasteiger partial charge < -0.3 is 25.3 Å². The SMILES string of the molecule is CC(C)C.CC(C)N1CCCCC1.CCC(CC)NC(=O)[C@@H]1CCCN1C(=O)/C(C)=C/[C@H](C(C)C)N(C)C(=O)CNC=O. The first kappa shape index (κ1) is 40.6. The van der Waals surface area contributed by atoms with Gasteiger partial charge in [0.25, 0.3) is 0 Å². The molecule has 0 bridgehead atoms. The topological polar surface area (TPSA) is 102 Å². The summed E-state index contributed by atoms with van der Waals surface area (Å²) >= 11 is 0. The molecule has 2 rings (SSSR count). The molecule has 0 spiro atoms. The number of hydrogen-bond donors (Lipinski definition) is 2. The zero-order valence-electron chi connectivity index (χ0n) is 29.4. The zero-order valence-corrected chi connectivity index (χ0v) is 29.4. The molecule has 0 saturated carbocycles. The molecular formula is C34H65N5O4. The van der Waals surface area contributed by atoms with Crippen LogP contribution in [0.3, 0.4) is 0 Å². The van der Waals surface area contributed by atoms with Gasteiger partial charge in [0.15, 0.2) is 0 Å². The number of carbonyl (C=O) groups is 4. The molecule has 4 amide bonds. The molecule has 0 aliphatic carbocycles. The Morgan fingerprint density at radius 3 is 1.91 bits per heavy atom. The maximum Gasteiger partial charge on any atom is 0.249 e. The summed E-state index contributed by atoms with van der Waals surface area (Å²) in [7, 11) is 1.66. The van der Waals surface area contributed by atoms with Gasteiger partial charge >= 0.3 is 0 Å². The van der Waals surface area contributed by atoms with Gasteiger partial charge in [-0.1, -0.05) is 61.0 Å². The molecule has 0 aromatic heterocycles. The number of nitrogens with zero attached hydrogens (tertiary/aromatic N) is 3. The van der Waals surface area contributed by atoms with Crippen molar-refractivity contribution in [3.05, 3.63) is 11.6 Å². The van der Waals surface area contributed by atoms with E-state index in [1.54, 1.807) is 29.8 Å². The van der Waals surface area contributed by atoms with Gasteiger partial charge in [-0.2, -0.15) is 0 Å². The van der Waals surface area contributed by atoms with Crippen LogP contribution in [0.1, 0.15) is 114 Å². The van der Waals surface area contributed by atoms with Gasteiger partial charge in [-0.25, -0.2) is 0 Å². The standard InChI is InChI=1S/C22H38N4O4.C8H17N.C4H10/c1-7-17(8-2)24-21(29)18-10-9-11-26(18)22(30)16(5)12-19(15(3)4)25(6)20(28)13-23-14-27;1-8(2)9-6-4-3-5-7-9;1-4(2)3/h12,14-15,17-19H,7-11,13H2,1-6H3,(H,23,27)(H,24,29);8H,3-7H2,1-2H3;4H,1-3H3/b16-12+;;/t18-,19+;;/m0../s1. The Kier molecular flexibility index (Phi) is 20.9. The third-order valence-corrected chi connectivity index (χ3v) is 7.89. The fraction of sp³-hybridized carbons (Fsp3) is 0.824. The van der Waals surface area contributed by atoms with Crippen molar-refractivity contribution in [2.24, 2.45) is 11.8 Å². The Morgan fingerprint density at radius 1 is 0.907 bits per heavy atom. The molecule has 2 atom stereocenters. The highest BCUT2D eigenvalue weighted by atomic mass is 16.2. The summed E-state index contributed by atoms with van der Waals surface area (Å²) in [5, 5.41) is 5.43. The Labute approximate surface area is 263 Å². The Hall–Kier alpha value is -2.42. The van der Waals surface area contributed by atoms with Gasteiger partial charge in [0.05, 0.1) is 12.6 Å². The van der Waals surface area contributed by atoms with E-state index in [1.807, 2.05) is 27.7 Å². The highest BCUT2D eigenvalue weighted by molar-refractivity contribution is 5.97. The lowest BCUT2D eigenvalue weighted by Crippen LogP contribution is -2.49. The van der Waals surface area contributed by atoms with Crippen LogP contribution in [0.2, 0.25) is 0 Å². The normalized spacial score (nSPS) is 18.1. The minimum atomic E-state index is -0.449. The number of hydrogen-bond acceptors (Lipinski definition) is 5. The molecule has 43 heavy (non-hydrogen) atoms. The van der Waals surface area contributed by atoms with Gasteiger partial charge in [0.2, 0.25) is 24.1 Å². The maximum atomic E-state index is 13.1. The van der Waals surface area contributed by atoms with Crippen LogP contribution >= 0.6 is 0 Å². The average molecular weight is 608 g/mol. The van der Waals surface area contributed by atoms with Crippen LogP contribution in [0.15, 0.2) is 11.6 Å². The van der Waals surface area contributed by atoms with Gasteiger partial charge in [0, 0.05) is 31.2 Å².